The van der Waals surface area contributed by atoms with E-state index in [9.17, 15) is 14.7 Å². The summed E-state index contributed by atoms with van der Waals surface area (Å²) < 4.78 is 5.77. The summed E-state index contributed by atoms with van der Waals surface area (Å²) in [5, 5.41) is 9.38. The van der Waals surface area contributed by atoms with E-state index in [1.807, 2.05) is 11.8 Å². The van der Waals surface area contributed by atoms with Gasteiger partial charge in [0.2, 0.25) is 5.91 Å². The fraction of sp³-hybridized carbons (Fsp3) is 0.706. The Morgan fingerprint density at radius 2 is 2.21 bits per heavy atom. The van der Waals surface area contributed by atoms with Gasteiger partial charge in [0.25, 0.3) is 0 Å². The summed E-state index contributed by atoms with van der Waals surface area (Å²) in [7, 11) is 0. The molecule has 0 radical (unpaired) electrons. The van der Waals surface area contributed by atoms with E-state index in [0.717, 1.165) is 24.1 Å². The van der Waals surface area contributed by atoms with Gasteiger partial charge < -0.3 is 19.7 Å². The standard InChI is InChI=1S/C17H25N3O4/c1-10-13(11(2)19-17(23)18-10)3-4-16(22)20-5-6-24-15-8-12(9-21)7-14(15)20/h12,14-15,21H,3-9H2,1-2H3,(H,18,19,23)/t12-,14+,15+/m1/s1. The molecule has 1 amide bonds. The summed E-state index contributed by atoms with van der Waals surface area (Å²) in [4.78, 5) is 32.6. The number of aromatic amines is 1. The predicted molar refractivity (Wildman–Crippen MR) is 87.7 cm³/mol. The maximum Gasteiger partial charge on any atom is 0.345 e. The highest BCUT2D eigenvalue weighted by molar-refractivity contribution is 5.77. The molecule has 1 saturated carbocycles. The highest BCUT2D eigenvalue weighted by atomic mass is 16.5. The van der Waals surface area contributed by atoms with Crippen molar-refractivity contribution in [1.82, 2.24) is 14.9 Å². The Kier molecular flexibility index (Phi) is 5.01. The van der Waals surface area contributed by atoms with E-state index in [-0.39, 0.29) is 36.3 Å². The minimum atomic E-state index is -0.350. The lowest BCUT2D eigenvalue weighted by Crippen LogP contribution is -2.51. The molecule has 1 aromatic rings. The van der Waals surface area contributed by atoms with Crippen LogP contribution in [0, 0.1) is 19.8 Å². The van der Waals surface area contributed by atoms with Crippen LogP contribution < -0.4 is 5.69 Å². The van der Waals surface area contributed by atoms with E-state index in [4.69, 9.17) is 4.74 Å². The van der Waals surface area contributed by atoms with Gasteiger partial charge in [-0.05, 0) is 44.6 Å². The highest BCUT2D eigenvalue weighted by Crippen LogP contribution is 2.34. The lowest BCUT2D eigenvalue weighted by atomic mass is 10.0. The summed E-state index contributed by atoms with van der Waals surface area (Å²) >= 11 is 0. The molecule has 3 rings (SSSR count). The van der Waals surface area contributed by atoms with Crippen molar-refractivity contribution in [1.29, 1.82) is 0 Å². The van der Waals surface area contributed by atoms with Crippen molar-refractivity contribution in [3.8, 4) is 0 Å². The third-order valence-corrected chi connectivity index (χ3v) is 5.25. The lowest BCUT2D eigenvalue weighted by molar-refractivity contribution is -0.143. The van der Waals surface area contributed by atoms with Crippen LogP contribution in [0.1, 0.15) is 36.2 Å². The predicted octanol–water partition coefficient (Wildman–Crippen LogP) is 0.318. The Balaban J connectivity index is 1.66. The van der Waals surface area contributed by atoms with Gasteiger partial charge in [-0.1, -0.05) is 0 Å². The summed E-state index contributed by atoms with van der Waals surface area (Å²) in [6.45, 7) is 4.96. The van der Waals surface area contributed by atoms with Crippen LogP contribution in [-0.2, 0) is 16.0 Å². The Labute approximate surface area is 141 Å². The lowest BCUT2D eigenvalue weighted by Gasteiger charge is -2.37. The number of rotatable bonds is 4. The first-order chi connectivity index (χ1) is 11.5. The number of aliphatic hydroxyl groups is 1. The molecule has 0 spiro atoms. The molecule has 0 bridgehead atoms. The Morgan fingerprint density at radius 1 is 1.42 bits per heavy atom. The smallest absolute Gasteiger partial charge is 0.345 e. The number of hydrogen-bond donors (Lipinski definition) is 2. The van der Waals surface area contributed by atoms with Crippen LogP contribution in [0.25, 0.3) is 0 Å². The van der Waals surface area contributed by atoms with Crippen LogP contribution in [0.4, 0.5) is 0 Å². The molecule has 1 saturated heterocycles. The molecule has 132 valence electrons. The first kappa shape index (κ1) is 17.1. The van der Waals surface area contributed by atoms with Crippen LogP contribution >= 0.6 is 0 Å². The number of ether oxygens (including phenoxy) is 1. The minimum absolute atomic E-state index is 0.0538. The second kappa shape index (κ2) is 7.03. The number of aromatic nitrogens is 2. The van der Waals surface area contributed by atoms with Gasteiger partial charge in [0.15, 0.2) is 0 Å². The molecular formula is C17H25N3O4. The SMILES string of the molecule is Cc1nc(=O)[nH]c(C)c1CCC(=O)N1CCO[C@H]2C[C@H](CO)C[C@@H]21. The third kappa shape index (κ3) is 3.37. The fourth-order valence-corrected chi connectivity index (χ4v) is 4.01. The van der Waals surface area contributed by atoms with Crippen molar-refractivity contribution in [3.05, 3.63) is 27.4 Å². The van der Waals surface area contributed by atoms with Gasteiger partial charge in [0.05, 0.1) is 18.8 Å². The Hall–Kier alpha value is -1.73. The van der Waals surface area contributed by atoms with Gasteiger partial charge >= 0.3 is 5.69 Å². The number of aliphatic hydroxyl groups excluding tert-OH is 1. The topological polar surface area (TPSA) is 95.5 Å². The molecule has 7 heteroatoms. The van der Waals surface area contributed by atoms with Crippen LogP contribution in [0.15, 0.2) is 4.79 Å². The molecule has 0 unspecified atom stereocenters. The highest BCUT2D eigenvalue weighted by Gasteiger charge is 2.42. The molecule has 1 aromatic heterocycles. The summed E-state index contributed by atoms with van der Waals surface area (Å²) in [6, 6.07) is 0.0827. The van der Waals surface area contributed by atoms with Crippen molar-refractivity contribution in [3.63, 3.8) is 0 Å². The number of nitrogens with zero attached hydrogens (tertiary/aromatic N) is 2. The average molecular weight is 335 g/mol. The zero-order valence-electron chi connectivity index (χ0n) is 14.2. The number of hydrogen-bond acceptors (Lipinski definition) is 5. The molecule has 0 aromatic carbocycles. The van der Waals surface area contributed by atoms with Gasteiger partial charge in [0.1, 0.15) is 0 Å². The molecule has 7 nitrogen and oxygen atoms in total. The number of carbonyl (C=O) groups excluding carboxylic acids is 1. The van der Waals surface area contributed by atoms with E-state index in [1.54, 1.807) is 6.92 Å². The number of nitrogens with one attached hydrogen (secondary N) is 1. The number of amides is 1. The summed E-state index contributed by atoms with van der Waals surface area (Å²) in [5.74, 6) is 0.332. The van der Waals surface area contributed by atoms with Crippen LogP contribution in [-0.4, -0.2) is 57.8 Å². The molecule has 2 fully saturated rings. The van der Waals surface area contributed by atoms with Crippen molar-refractivity contribution >= 4 is 5.91 Å². The van der Waals surface area contributed by atoms with Gasteiger partial charge in [-0.25, -0.2) is 4.79 Å². The minimum Gasteiger partial charge on any atom is -0.396 e. The quantitative estimate of drug-likeness (QED) is 0.826. The Bertz CT molecular complexity index is 646. The normalized spacial score (nSPS) is 26.5. The third-order valence-electron chi connectivity index (χ3n) is 5.25. The summed E-state index contributed by atoms with van der Waals surface area (Å²) in [5.41, 5.74) is 2.05. The molecule has 24 heavy (non-hydrogen) atoms. The molecular weight excluding hydrogens is 310 g/mol. The van der Waals surface area contributed by atoms with Gasteiger partial charge in [0, 0.05) is 31.0 Å². The number of carbonyl (C=O) groups is 1. The zero-order chi connectivity index (χ0) is 17.3. The molecule has 2 N–H and O–H groups in total. The number of morpholine rings is 1. The average Bonchev–Trinajstić information content (AvgIpc) is 2.96. The van der Waals surface area contributed by atoms with Gasteiger partial charge in [-0.2, -0.15) is 4.98 Å². The zero-order valence-corrected chi connectivity index (χ0v) is 14.2. The maximum absolute atomic E-state index is 12.7. The van der Waals surface area contributed by atoms with Gasteiger partial charge in [-0.3, -0.25) is 4.79 Å². The molecule has 2 aliphatic rings. The van der Waals surface area contributed by atoms with Crippen LogP contribution in [0.3, 0.4) is 0 Å². The van der Waals surface area contributed by atoms with Gasteiger partial charge in [-0.15, -0.1) is 0 Å². The second-order valence-corrected chi connectivity index (χ2v) is 6.81. The van der Waals surface area contributed by atoms with E-state index >= 15 is 0 Å². The van der Waals surface area contributed by atoms with Crippen LogP contribution in [0.2, 0.25) is 0 Å². The summed E-state index contributed by atoms with van der Waals surface area (Å²) in [6.07, 6.45) is 2.65. The van der Waals surface area contributed by atoms with E-state index in [2.05, 4.69) is 9.97 Å². The Morgan fingerprint density at radius 3 is 2.92 bits per heavy atom. The molecule has 2 heterocycles. The largest absolute Gasteiger partial charge is 0.396 e. The second-order valence-electron chi connectivity index (χ2n) is 6.81. The molecule has 1 aliphatic heterocycles. The van der Waals surface area contributed by atoms with Crippen molar-refractivity contribution in [2.24, 2.45) is 5.92 Å². The van der Waals surface area contributed by atoms with Crippen molar-refractivity contribution < 1.29 is 14.6 Å². The number of fused-ring (bicyclic) bond motifs is 1. The molecule has 1 aliphatic carbocycles. The first-order valence-corrected chi connectivity index (χ1v) is 8.58. The van der Waals surface area contributed by atoms with E-state index < -0.39 is 0 Å². The number of H-pyrrole nitrogens is 1. The maximum atomic E-state index is 12.7. The van der Waals surface area contributed by atoms with E-state index in [0.29, 0.717) is 31.7 Å². The fourth-order valence-electron chi connectivity index (χ4n) is 4.01. The van der Waals surface area contributed by atoms with Crippen molar-refractivity contribution in [2.45, 2.75) is 51.7 Å². The monoisotopic (exact) mass is 335 g/mol. The van der Waals surface area contributed by atoms with Crippen molar-refractivity contribution in [2.75, 3.05) is 19.8 Å². The number of aryl methyl sites for hydroxylation is 2. The first-order valence-electron chi connectivity index (χ1n) is 8.58. The van der Waals surface area contributed by atoms with Crippen LogP contribution in [0.5, 0.6) is 0 Å². The molecule has 3 atom stereocenters. The van der Waals surface area contributed by atoms with E-state index in [1.165, 1.54) is 0 Å².